The number of hydrogen-bond acceptors (Lipinski definition) is 5. The van der Waals surface area contributed by atoms with Gasteiger partial charge in [-0.25, -0.2) is 4.79 Å². The van der Waals surface area contributed by atoms with Gasteiger partial charge in [0.1, 0.15) is 0 Å². The fourth-order valence-corrected chi connectivity index (χ4v) is 4.43. The highest BCUT2D eigenvalue weighted by atomic mass is 16.6. The Morgan fingerprint density at radius 1 is 1.19 bits per heavy atom. The lowest BCUT2D eigenvalue weighted by Gasteiger charge is -2.28. The number of benzene rings is 1. The number of nitrogens with one attached hydrogen (secondary N) is 1. The van der Waals surface area contributed by atoms with Crippen LogP contribution in [-0.2, 0) is 9.53 Å². The number of amides is 1. The van der Waals surface area contributed by atoms with E-state index in [0.29, 0.717) is 23.0 Å². The lowest BCUT2D eigenvalue weighted by Crippen LogP contribution is -2.40. The van der Waals surface area contributed by atoms with Crippen LogP contribution in [0, 0.1) is 17.8 Å². The zero-order valence-electron chi connectivity index (χ0n) is 15.6. The van der Waals surface area contributed by atoms with Crippen LogP contribution in [0.3, 0.4) is 0 Å². The van der Waals surface area contributed by atoms with E-state index in [-0.39, 0.29) is 18.6 Å². The van der Waals surface area contributed by atoms with Crippen LogP contribution in [-0.4, -0.2) is 38.7 Å². The Morgan fingerprint density at radius 2 is 2.00 bits per heavy atom. The van der Waals surface area contributed by atoms with Crippen molar-refractivity contribution in [3.8, 4) is 11.5 Å². The normalized spacial score (nSPS) is 24.8. The summed E-state index contributed by atoms with van der Waals surface area (Å²) in [5.41, 5.74) is 0.516. The Kier molecular flexibility index (Phi) is 5.69. The van der Waals surface area contributed by atoms with Crippen molar-refractivity contribution >= 4 is 11.9 Å². The minimum absolute atomic E-state index is 0.113. The molecule has 6 nitrogen and oxygen atoms in total. The van der Waals surface area contributed by atoms with Crippen molar-refractivity contribution in [1.82, 2.24) is 5.32 Å². The summed E-state index contributed by atoms with van der Waals surface area (Å²) in [4.78, 5) is 23.8. The molecule has 0 saturated heterocycles. The van der Waals surface area contributed by atoms with Crippen molar-refractivity contribution in [2.24, 2.45) is 17.8 Å². The number of ether oxygens (including phenoxy) is 3. The lowest BCUT2D eigenvalue weighted by atomic mass is 9.84. The van der Waals surface area contributed by atoms with Gasteiger partial charge in [0.2, 0.25) is 0 Å². The van der Waals surface area contributed by atoms with E-state index in [1.807, 2.05) is 0 Å². The second-order valence-corrected chi connectivity index (χ2v) is 7.33. The van der Waals surface area contributed by atoms with Crippen LogP contribution >= 0.6 is 0 Å². The topological polar surface area (TPSA) is 73.9 Å². The first kappa shape index (κ1) is 18.5. The molecule has 142 valence electrons. The van der Waals surface area contributed by atoms with E-state index >= 15 is 0 Å². The highest BCUT2D eigenvalue weighted by molar-refractivity contribution is 5.95. The molecule has 0 aromatic heterocycles. The molecule has 0 spiro atoms. The van der Waals surface area contributed by atoms with E-state index in [9.17, 15) is 9.59 Å². The third kappa shape index (κ3) is 3.94. The molecule has 2 aliphatic rings. The van der Waals surface area contributed by atoms with Crippen molar-refractivity contribution in [2.45, 2.75) is 38.6 Å². The Hall–Kier alpha value is -2.24. The molecule has 2 fully saturated rings. The summed E-state index contributed by atoms with van der Waals surface area (Å²) < 4.78 is 15.2. The quantitative estimate of drug-likeness (QED) is 0.756. The second kappa shape index (κ2) is 7.98. The van der Waals surface area contributed by atoms with E-state index < -0.39 is 5.97 Å². The van der Waals surface area contributed by atoms with E-state index in [1.165, 1.54) is 39.9 Å². The van der Waals surface area contributed by atoms with Crippen molar-refractivity contribution in [3.05, 3.63) is 23.8 Å². The minimum Gasteiger partial charge on any atom is -0.493 e. The summed E-state index contributed by atoms with van der Waals surface area (Å²) in [6.07, 6.45) is 5.21. The molecule has 1 amide bonds. The van der Waals surface area contributed by atoms with Crippen LogP contribution in [0.15, 0.2) is 18.2 Å². The monoisotopic (exact) mass is 361 g/mol. The van der Waals surface area contributed by atoms with Gasteiger partial charge in [0.25, 0.3) is 5.91 Å². The van der Waals surface area contributed by atoms with Crippen LogP contribution in [0.25, 0.3) is 0 Å². The Labute approximate surface area is 154 Å². The van der Waals surface area contributed by atoms with E-state index in [4.69, 9.17) is 9.47 Å². The standard InChI is InChI=1S/C20H27NO5/c1-12(16-9-13-4-5-14(16)8-13)21-20(23)15-6-7-17(18(10-15)24-2)26-11-19(22)25-3/h6-7,10,12-14,16H,4-5,8-9,11H2,1-3H3,(H,21,23)/t12-,13+,14+,16+/m1/s1. The van der Waals surface area contributed by atoms with Gasteiger partial charge in [0, 0.05) is 11.6 Å². The molecule has 1 aromatic rings. The van der Waals surface area contributed by atoms with Gasteiger partial charge in [-0.2, -0.15) is 0 Å². The molecule has 2 aliphatic carbocycles. The molecule has 0 heterocycles. The average molecular weight is 361 g/mol. The van der Waals surface area contributed by atoms with Crippen molar-refractivity contribution in [2.75, 3.05) is 20.8 Å². The Bertz CT molecular complexity index is 674. The van der Waals surface area contributed by atoms with Gasteiger partial charge in [0.05, 0.1) is 14.2 Å². The Morgan fingerprint density at radius 3 is 2.62 bits per heavy atom. The van der Waals surface area contributed by atoms with Gasteiger partial charge in [0.15, 0.2) is 18.1 Å². The molecule has 0 unspecified atom stereocenters. The van der Waals surface area contributed by atoms with Crippen LogP contribution in [0.2, 0.25) is 0 Å². The number of rotatable bonds is 7. The maximum absolute atomic E-state index is 12.6. The fraction of sp³-hybridized carbons (Fsp3) is 0.600. The van der Waals surface area contributed by atoms with Crippen LogP contribution in [0.4, 0.5) is 0 Å². The van der Waals surface area contributed by atoms with E-state index in [0.717, 1.165) is 11.8 Å². The molecule has 1 N–H and O–H groups in total. The van der Waals surface area contributed by atoms with Gasteiger partial charge in [-0.05, 0) is 62.1 Å². The highest BCUT2D eigenvalue weighted by Crippen LogP contribution is 2.49. The van der Waals surface area contributed by atoms with Gasteiger partial charge < -0.3 is 19.5 Å². The number of carbonyl (C=O) groups is 2. The first-order valence-corrected chi connectivity index (χ1v) is 9.20. The summed E-state index contributed by atoms with van der Waals surface area (Å²) >= 11 is 0. The van der Waals surface area contributed by atoms with Crippen molar-refractivity contribution < 1.29 is 23.8 Å². The zero-order valence-corrected chi connectivity index (χ0v) is 15.6. The van der Waals surface area contributed by atoms with Crippen LogP contribution in [0.1, 0.15) is 43.0 Å². The van der Waals surface area contributed by atoms with Crippen LogP contribution < -0.4 is 14.8 Å². The van der Waals surface area contributed by atoms with Gasteiger partial charge >= 0.3 is 5.97 Å². The molecule has 0 aliphatic heterocycles. The second-order valence-electron chi connectivity index (χ2n) is 7.33. The van der Waals surface area contributed by atoms with Crippen molar-refractivity contribution in [1.29, 1.82) is 0 Å². The lowest BCUT2D eigenvalue weighted by molar-refractivity contribution is -0.142. The molecule has 2 saturated carbocycles. The molecular formula is C20H27NO5. The van der Waals surface area contributed by atoms with E-state index in [1.54, 1.807) is 18.2 Å². The summed E-state index contributed by atoms with van der Waals surface area (Å²) in [6, 6.07) is 5.12. The van der Waals surface area contributed by atoms with Gasteiger partial charge in [-0.1, -0.05) is 6.42 Å². The third-order valence-electron chi connectivity index (χ3n) is 5.79. The van der Waals surface area contributed by atoms with E-state index in [2.05, 4.69) is 17.0 Å². The first-order chi connectivity index (χ1) is 12.5. The smallest absolute Gasteiger partial charge is 0.343 e. The molecular weight excluding hydrogens is 334 g/mol. The molecule has 4 atom stereocenters. The summed E-state index contributed by atoms with van der Waals surface area (Å²) in [5, 5.41) is 3.14. The summed E-state index contributed by atoms with van der Waals surface area (Å²) in [7, 11) is 2.80. The first-order valence-electron chi connectivity index (χ1n) is 9.20. The summed E-state index contributed by atoms with van der Waals surface area (Å²) in [5.74, 6) is 2.42. The molecule has 0 radical (unpaired) electrons. The predicted molar refractivity (Wildman–Crippen MR) is 96.4 cm³/mol. The number of methoxy groups -OCH3 is 2. The fourth-order valence-electron chi connectivity index (χ4n) is 4.43. The minimum atomic E-state index is -0.478. The SMILES string of the molecule is COC(=O)COc1ccc(C(=O)N[C@H](C)[C@@H]2C[C@H]3CC[C@H]2C3)cc1OC. The van der Waals surface area contributed by atoms with Crippen LogP contribution in [0.5, 0.6) is 11.5 Å². The maximum atomic E-state index is 12.6. The molecule has 6 heteroatoms. The predicted octanol–water partition coefficient (Wildman–Crippen LogP) is 2.80. The number of hydrogen-bond donors (Lipinski definition) is 1. The molecule has 1 aromatic carbocycles. The third-order valence-corrected chi connectivity index (χ3v) is 5.79. The summed E-state index contributed by atoms with van der Waals surface area (Å²) in [6.45, 7) is 1.90. The largest absolute Gasteiger partial charge is 0.493 e. The maximum Gasteiger partial charge on any atom is 0.343 e. The number of fused-ring (bicyclic) bond motifs is 2. The van der Waals surface area contributed by atoms with Gasteiger partial charge in [-0.15, -0.1) is 0 Å². The average Bonchev–Trinajstić information content (AvgIpc) is 3.29. The number of carbonyl (C=O) groups excluding carboxylic acids is 2. The van der Waals surface area contributed by atoms with Crippen molar-refractivity contribution in [3.63, 3.8) is 0 Å². The molecule has 2 bridgehead atoms. The zero-order chi connectivity index (χ0) is 18.7. The highest BCUT2D eigenvalue weighted by Gasteiger charge is 2.42. The molecule has 26 heavy (non-hydrogen) atoms. The van der Waals surface area contributed by atoms with Gasteiger partial charge in [-0.3, -0.25) is 4.79 Å². The number of esters is 1. The Balaban J connectivity index is 1.62. The molecule has 3 rings (SSSR count).